The summed E-state index contributed by atoms with van der Waals surface area (Å²) in [6.45, 7) is 1.83. The number of carbonyl (C=O) groups excluding carboxylic acids is 2. The first kappa shape index (κ1) is 16.2. The molecule has 2 aromatic rings. The van der Waals surface area contributed by atoms with Gasteiger partial charge < -0.3 is 4.90 Å². The van der Waals surface area contributed by atoms with Gasteiger partial charge in [0.05, 0.1) is 4.90 Å². The van der Waals surface area contributed by atoms with Crippen LogP contribution in [0.3, 0.4) is 0 Å². The van der Waals surface area contributed by atoms with Gasteiger partial charge in [0.15, 0.2) is 0 Å². The van der Waals surface area contributed by atoms with Gasteiger partial charge in [0.2, 0.25) is 0 Å². The molecule has 0 aliphatic carbocycles. The van der Waals surface area contributed by atoms with Gasteiger partial charge >= 0.3 is 0 Å². The Labute approximate surface area is 140 Å². The fourth-order valence-corrected chi connectivity index (χ4v) is 3.55. The fraction of sp³-hybridized carbons (Fsp3) is 0.176. The van der Waals surface area contributed by atoms with Gasteiger partial charge in [0, 0.05) is 12.1 Å². The zero-order chi connectivity index (χ0) is 17.3. The molecule has 124 valence electrons. The molecule has 24 heavy (non-hydrogen) atoms. The van der Waals surface area contributed by atoms with E-state index in [2.05, 4.69) is 0 Å². The Hall–Kier alpha value is -2.67. The highest BCUT2D eigenvalue weighted by Gasteiger charge is 2.29. The predicted molar refractivity (Wildman–Crippen MR) is 87.7 cm³/mol. The van der Waals surface area contributed by atoms with Crippen LogP contribution in [-0.4, -0.2) is 31.7 Å². The van der Waals surface area contributed by atoms with Crippen molar-refractivity contribution in [3.63, 3.8) is 0 Å². The molecule has 0 saturated carbocycles. The number of aryl methyl sites for hydroxylation is 1. The molecule has 1 N–H and O–H groups in total. The monoisotopic (exact) mass is 344 g/mol. The van der Waals surface area contributed by atoms with Crippen molar-refractivity contribution in [2.45, 2.75) is 18.4 Å². The van der Waals surface area contributed by atoms with Crippen LogP contribution in [0.1, 0.15) is 21.5 Å². The fourth-order valence-electron chi connectivity index (χ4n) is 2.57. The maximum atomic E-state index is 12.2. The molecule has 0 fully saturated rings. The lowest BCUT2D eigenvalue weighted by molar-refractivity contribution is -0.120. The number of nitrogens with one attached hydrogen (secondary N) is 1. The Bertz CT molecular complexity index is 904. The molecule has 3 rings (SSSR count). The number of sulfonamides is 1. The molecule has 1 aliphatic heterocycles. The highest BCUT2D eigenvalue weighted by Crippen LogP contribution is 2.21. The van der Waals surface area contributed by atoms with E-state index < -0.39 is 15.9 Å². The summed E-state index contributed by atoms with van der Waals surface area (Å²) in [6.07, 6.45) is 0. The number of hydrogen-bond acceptors (Lipinski definition) is 4. The third-order valence-electron chi connectivity index (χ3n) is 3.81. The summed E-state index contributed by atoms with van der Waals surface area (Å²) in [7, 11) is -3.94. The molecule has 1 aliphatic rings. The van der Waals surface area contributed by atoms with E-state index in [9.17, 15) is 18.0 Å². The second kappa shape index (κ2) is 6.09. The zero-order valence-electron chi connectivity index (χ0n) is 13.0. The van der Waals surface area contributed by atoms with Crippen molar-refractivity contribution >= 4 is 21.8 Å². The van der Waals surface area contributed by atoms with Crippen molar-refractivity contribution < 1.29 is 18.0 Å². The second-order valence-corrected chi connectivity index (χ2v) is 7.34. The third-order valence-corrected chi connectivity index (χ3v) is 5.20. The van der Waals surface area contributed by atoms with Gasteiger partial charge in [-0.05, 0) is 30.7 Å². The summed E-state index contributed by atoms with van der Waals surface area (Å²) in [5, 5.41) is 0. The van der Waals surface area contributed by atoms with Gasteiger partial charge in [-0.15, -0.1) is 0 Å². The molecule has 0 radical (unpaired) electrons. The maximum Gasteiger partial charge on any atom is 0.264 e. The van der Waals surface area contributed by atoms with E-state index in [1.165, 1.54) is 17.0 Å². The Morgan fingerprint density at radius 2 is 1.79 bits per heavy atom. The lowest BCUT2D eigenvalue weighted by Crippen LogP contribution is -2.40. The molecule has 0 aromatic heterocycles. The minimum absolute atomic E-state index is 0.0116. The lowest BCUT2D eigenvalue weighted by atomic mass is 10.1. The van der Waals surface area contributed by atoms with Crippen molar-refractivity contribution in [1.82, 2.24) is 9.62 Å². The van der Waals surface area contributed by atoms with Crippen LogP contribution in [0.15, 0.2) is 53.4 Å². The molecular formula is C17H16N2O4S. The Balaban J connectivity index is 1.68. The number of carbonyl (C=O) groups is 2. The molecule has 6 nitrogen and oxygen atoms in total. The second-order valence-electron chi connectivity index (χ2n) is 5.66. The standard InChI is InChI=1S/C17H16N2O4S/c1-12-6-8-14(9-7-12)24(22,23)18-16(20)11-19-10-13-4-2-3-5-15(13)17(19)21/h2-9H,10-11H2,1H3,(H,18,20). The zero-order valence-corrected chi connectivity index (χ0v) is 13.8. The minimum Gasteiger partial charge on any atom is -0.325 e. The Morgan fingerprint density at radius 1 is 1.12 bits per heavy atom. The van der Waals surface area contributed by atoms with Crippen molar-refractivity contribution in [2.24, 2.45) is 0 Å². The van der Waals surface area contributed by atoms with Crippen LogP contribution >= 0.6 is 0 Å². The Morgan fingerprint density at radius 3 is 2.46 bits per heavy atom. The summed E-state index contributed by atoms with van der Waals surface area (Å²) >= 11 is 0. The number of amides is 2. The van der Waals surface area contributed by atoms with Crippen LogP contribution in [0.5, 0.6) is 0 Å². The summed E-state index contributed by atoms with van der Waals surface area (Å²) in [5.74, 6) is -1.01. The molecule has 0 bridgehead atoms. The van der Waals surface area contributed by atoms with E-state index in [0.29, 0.717) is 12.1 Å². The first-order valence-corrected chi connectivity index (χ1v) is 8.84. The quantitative estimate of drug-likeness (QED) is 0.910. The average Bonchev–Trinajstić information content (AvgIpc) is 2.84. The highest BCUT2D eigenvalue weighted by atomic mass is 32.2. The Kier molecular flexibility index (Phi) is 4.11. The van der Waals surface area contributed by atoms with Gasteiger partial charge in [-0.1, -0.05) is 35.9 Å². The number of hydrogen-bond donors (Lipinski definition) is 1. The SMILES string of the molecule is Cc1ccc(S(=O)(=O)NC(=O)CN2Cc3ccccc3C2=O)cc1. The normalized spacial score (nSPS) is 13.7. The smallest absolute Gasteiger partial charge is 0.264 e. The van der Waals surface area contributed by atoms with Crippen LogP contribution in [0, 0.1) is 6.92 Å². The van der Waals surface area contributed by atoms with Crippen molar-refractivity contribution in [3.05, 3.63) is 65.2 Å². The number of fused-ring (bicyclic) bond motifs is 1. The van der Waals surface area contributed by atoms with Gasteiger partial charge in [-0.2, -0.15) is 0 Å². The van der Waals surface area contributed by atoms with Gasteiger partial charge in [0.1, 0.15) is 6.54 Å². The first-order valence-electron chi connectivity index (χ1n) is 7.36. The average molecular weight is 344 g/mol. The number of nitrogens with zero attached hydrogens (tertiary/aromatic N) is 1. The molecule has 1 heterocycles. The predicted octanol–water partition coefficient (Wildman–Crippen LogP) is 1.46. The largest absolute Gasteiger partial charge is 0.325 e. The summed E-state index contributed by atoms with van der Waals surface area (Å²) in [5.41, 5.74) is 2.30. The van der Waals surface area contributed by atoms with Crippen LogP contribution in [0.25, 0.3) is 0 Å². The van der Waals surface area contributed by atoms with E-state index in [0.717, 1.165) is 11.1 Å². The lowest BCUT2D eigenvalue weighted by Gasteiger charge is -2.15. The molecule has 0 saturated heterocycles. The van der Waals surface area contributed by atoms with Gasteiger partial charge in [0.25, 0.3) is 21.8 Å². The molecule has 2 amide bonds. The van der Waals surface area contributed by atoms with E-state index >= 15 is 0 Å². The summed E-state index contributed by atoms with van der Waals surface area (Å²) < 4.78 is 26.4. The van der Waals surface area contributed by atoms with Crippen molar-refractivity contribution in [1.29, 1.82) is 0 Å². The van der Waals surface area contributed by atoms with Crippen LogP contribution in [0.2, 0.25) is 0 Å². The molecular weight excluding hydrogens is 328 g/mol. The minimum atomic E-state index is -3.94. The number of rotatable bonds is 4. The van der Waals surface area contributed by atoms with Crippen molar-refractivity contribution in [2.75, 3.05) is 6.54 Å². The topological polar surface area (TPSA) is 83.6 Å². The summed E-state index contributed by atoms with van der Waals surface area (Å²) in [4.78, 5) is 25.6. The highest BCUT2D eigenvalue weighted by molar-refractivity contribution is 7.90. The van der Waals surface area contributed by atoms with E-state index in [4.69, 9.17) is 0 Å². The van der Waals surface area contributed by atoms with E-state index in [1.807, 2.05) is 23.8 Å². The van der Waals surface area contributed by atoms with Crippen LogP contribution in [0.4, 0.5) is 0 Å². The van der Waals surface area contributed by atoms with Gasteiger partial charge in [-0.25, -0.2) is 13.1 Å². The third kappa shape index (κ3) is 3.16. The van der Waals surface area contributed by atoms with E-state index in [-0.39, 0.29) is 17.3 Å². The maximum absolute atomic E-state index is 12.2. The molecule has 7 heteroatoms. The van der Waals surface area contributed by atoms with Crippen LogP contribution < -0.4 is 4.72 Å². The van der Waals surface area contributed by atoms with Crippen LogP contribution in [-0.2, 0) is 21.4 Å². The molecule has 0 atom stereocenters. The first-order chi connectivity index (χ1) is 11.4. The van der Waals surface area contributed by atoms with Crippen molar-refractivity contribution in [3.8, 4) is 0 Å². The molecule has 0 spiro atoms. The van der Waals surface area contributed by atoms with E-state index in [1.54, 1.807) is 24.3 Å². The van der Waals surface area contributed by atoms with Gasteiger partial charge in [-0.3, -0.25) is 9.59 Å². The number of benzene rings is 2. The molecule has 0 unspecified atom stereocenters. The molecule has 2 aromatic carbocycles. The summed E-state index contributed by atoms with van der Waals surface area (Å²) in [6, 6.07) is 13.2.